The third-order valence-electron chi connectivity index (χ3n) is 6.43. The monoisotopic (exact) mass is 619 g/mol. The summed E-state index contributed by atoms with van der Waals surface area (Å²) in [5, 5.41) is 8.64. The molecule has 228 valence electrons. The van der Waals surface area contributed by atoms with E-state index in [0.29, 0.717) is 18.6 Å². The SMILES string of the molecule is CC[C@@H](C)C(NC(=O)[C@H]1CSSCC/C=C/[C@@H](C)CC(=O)N[C@H](CCSC)C(=O)N1)[C@H](CC(=O)OC)OC(C)=O. The number of nitrogens with one attached hydrogen (secondary N) is 3. The highest BCUT2D eigenvalue weighted by Gasteiger charge is 2.35. The molecule has 1 unspecified atom stereocenters. The third kappa shape index (κ3) is 14.2. The van der Waals surface area contributed by atoms with Crippen LogP contribution in [-0.4, -0.2) is 84.5 Å². The molecule has 0 spiro atoms. The number of ether oxygens (including phenoxy) is 2. The van der Waals surface area contributed by atoms with Crippen molar-refractivity contribution in [2.24, 2.45) is 11.8 Å². The van der Waals surface area contributed by atoms with E-state index in [1.54, 1.807) is 22.6 Å². The lowest BCUT2D eigenvalue weighted by atomic mass is 9.92. The minimum atomic E-state index is -0.939. The van der Waals surface area contributed by atoms with Gasteiger partial charge in [0.25, 0.3) is 0 Å². The summed E-state index contributed by atoms with van der Waals surface area (Å²) < 4.78 is 10.2. The van der Waals surface area contributed by atoms with Gasteiger partial charge in [-0.25, -0.2) is 0 Å². The Morgan fingerprint density at radius 1 is 1.23 bits per heavy atom. The van der Waals surface area contributed by atoms with Crippen LogP contribution in [0.5, 0.6) is 0 Å². The molecule has 10 nitrogen and oxygen atoms in total. The van der Waals surface area contributed by atoms with Crippen LogP contribution in [0.15, 0.2) is 12.2 Å². The van der Waals surface area contributed by atoms with Crippen molar-refractivity contribution in [1.29, 1.82) is 0 Å². The zero-order valence-electron chi connectivity index (χ0n) is 24.4. The van der Waals surface area contributed by atoms with E-state index in [2.05, 4.69) is 22.0 Å². The molecule has 3 N–H and O–H groups in total. The molecule has 1 rings (SSSR count). The van der Waals surface area contributed by atoms with Crippen molar-refractivity contribution in [3.05, 3.63) is 12.2 Å². The van der Waals surface area contributed by atoms with E-state index in [1.165, 1.54) is 24.8 Å². The number of methoxy groups -OCH3 is 1. The van der Waals surface area contributed by atoms with E-state index in [9.17, 15) is 24.0 Å². The van der Waals surface area contributed by atoms with Gasteiger partial charge in [-0.05, 0) is 36.7 Å². The average molecular weight is 620 g/mol. The highest BCUT2D eigenvalue weighted by molar-refractivity contribution is 8.76. The van der Waals surface area contributed by atoms with Crippen LogP contribution >= 0.6 is 33.3 Å². The number of carbonyl (C=O) groups is 5. The van der Waals surface area contributed by atoms with Crippen molar-refractivity contribution in [3.63, 3.8) is 0 Å². The molecule has 3 amide bonds. The lowest BCUT2D eigenvalue weighted by Crippen LogP contribution is -2.58. The Hall–Kier alpha value is -1.86. The first kappa shape index (κ1) is 36.2. The standard InChI is InChI=1S/C27H45N3O7S3/c1-7-18(3)25(22(37-19(4)31)15-24(33)36-5)30-27(35)21-16-40-39-12-9-8-10-17(2)14-23(32)28-20(11-13-38-6)26(34)29-21/h8,10,17-18,20-22,25H,7,9,11-16H2,1-6H3,(H,28,32)(H,29,34)(H,30,35)/b10-8+/t17-,18-,20-,21-,22+,25?/m1/s1. The average Bonchev–Trinajstić information content (AvgIpc) is 2.91. The number of allylic oxidation sites excluding steroid dienone is 2. The Bertz CT molecular complexity index is 874. The minimum Gasteiger partial charge on any atom is -0.469 e. The first-order valence-corrected chi connectivity index (χ1v) is 17.4. The fraction of sp³-hybridized carbons (Fsp3) is 0.741. The van der Waals surface area contributed by atoms with Gasteiger partial charge >= 0.3 is 11.9 Å². The molecular formula is C27H45N3O7S3. The van der Waals surface area contributed by atoms with Gasteiger partial charge in [0.2, 0.25) is 17.7 Å². The van der Waals surface area contributed by atoms with Gasteiger partial charge in [-0.1, -0.05) is 60.9 Å². The van der Waals surface area contributed by atoms with Crippen molar-refractivity contribution in [2.45, 2.75) is 84.0 Å². The molecule has 40 heavy (non-hydrogen) atoms. The van der Waals surface area contributed by atoms with E-state index in [-0.39, 0.29) is 36.3 Å². The summed E-state index contributed by atoms with van der Waals surface area (Å²) in [7, 11) is 4.32. The first-order valence-electron chi connectivity index (χ1n) is 13.6. The molecule has 1 heterocycles. The molecule has 13 heteroatoms. The van der Waals surface area contributed by atoms with Crippen LogP contribution < -0.4 is 16.0 Å². The van der Waals surface area contributed by atoms with Crippen molar-refractivity contribution in [1.82, 2.24) is 16.0 Å². The van der Waals surface area contributed by atoms with Crippen LogP contribution in [0.25, 0.3) is 0 Å². The quantitative estimate of drug-likeness (QED) is 0.180. The zero-order valence-corrected chi connectivity index (χ0v) is 26.8. The van der Waals surface area contributed by atoms with Crippen LogP contribution in [0.3, 0.4) is 0 Å². The normalized spacial score (nSPS) is 24.1. The van der Waals surface area contributed by atoms with Crippen molar-refractivity contribution < 1.29 is 33.4 Å². The van der Waals surface area contributed by atoms with Crippen molar-refractivity contribution in [2.75, 3.05) is 30.6 Å². The molecule has 0 bridgehead atoms. The summed E-state index contributed by atoms with van der Waals surface area (Å²) in [5.74, 6) is -0.627. The Kier molecular flexibility index (Phi) is 18.2. The van der Waals surface area contributed by atoms with Gasteiger partial charge in [-0.3, -0.25) is 24.0 Å². The fourth-order valence-electron chi connectivity index (χ4n) is 4.02. The molecule has 0 aliphatic carbocycles. The van der Waals surface area contributed by atoms with Gasteiger partial charge in [0, 0.05) is 24.9 Å². The molecule has 0 aromatic rings. The number of thioether (sulfide) groups is 1. The van der Waals surface area contributed by atoms with Crippen LogP contribution in [0.1, 0.15) is 59.8 Å². The molecule has 0 saturated carbocycles. The summed E-state index contributed by atoms with van der Waals surface area (Å²) in [6, 6.07) is -2.39. The topological polar surface area (TPSA) is 140 Å². The third-order valence-corrected chi connectivity index (χ3v) is 9.52. The smallest absolute Gasteiger partial charge is 0.309 e. The summed E-state index contributed by atoms with van der Waals surface area (Å²) in [6.45, 7) is 7.03. The summed E-state index contributed by atoms with van der Waals surface area (Å²) in [6.07, 6.45) is 6.97. The number of hydrogen-bond acceptors (Lipinski definition) is 10. The second kappa shape index (κ2) is 20.1. The molecule has 0 aromatic carbocycles. The predicted octanol–water partition coefficient (Wildman–Crippen LogP) is 3.10. The lowest BCUT2D eigenvalue weighted by molar-refractivity contribution is -0.155. The van der Waals surface area contributed by atoms with Gasteiger partial charge in [0.15, 0.2) is 0 Å². The van der Waals surface area contributed by atoms with Gasteiger partial charge < -0.3 is 25.4 Å². The predicted molar refractivity (Wildman–Crippen MR) is 163 cm³/mol. The summed E-state index contributed by atoms with van der Waals surface area (Å²) in [4.78, 5) is 63.6. The first-order chi connectivity index (χ1) is 19.0. The maximum Gasteiger partial charge on any atom is 0.309 e. The molecule has 0 aromatic heterocycles. The number of hydrogen-bond donors (Lipinski definition) is 3. The fourth-order valence-corrected chi connectivity index (χ4v) is 6.64. The number of amides is 3. The van der Waals surface area contributed by atoms with Gasteiger partial charge in [0.05, 0.1) is 19.6 Å². The largest absolute Gasteiger partial charge is 0.469 e. The molecule has 1 aliphatic heterocycles. The lowest BCUT2D eigenvalue weighted by Gasteiger charge is -2.33. The molecule has 6 atom stereocenters. The second-order valence-electron chi connectivity index (χ2n) is 9.82. The highest BCUT2D eigenvalue weighted by atomic mass is 33.1. The Labute approximate surface area is 250 Å². The van der Waals surface area contributed by atoms with Crippen LogP contribution in [0.2, 0.25) is 0 Å². The molecule has 0 saturated heterocycles. The molecule has 1 aliphatic rings. The minimum absolute atomic E-state index is 0.0400. The highest BCUT2D eigenvalue weighted by Crippen LogP contribution is 2.24. The zero-order chi connectivity index (χ0) is 30.1. The molecular weight excluding hydrogens is 575 g/mol. The second-order valence-corrected chi connectivity index (χ2v) is 13.4. The summed E-state index contributed by atoms with van der Waals surface area (Å²) in [5.41, 5.74) is 0. The van der Waals surface area contributed by atoms with Crippen molar-refractivity contribution >= 4 is 63.0 Å². The van der Waals surface area contributed by atoms with Crippen LogP contribution in [0.4, 0.5) is 0 Å². The van der Waals surface area contributed by atoms with E-state index in [4.69, 9.17) is 9.47 Å². The summed E-state index contributed by atoms with van der Waals surface area (Å²) >= 11 is 1.56. The van der Waals surface area contributed by atoms with E-state index >= 15 is 0 Å². The maximum atomic E-state index is 13.6. The number of esters is 2. The van der Waals surface area contributed by atoms with Gasteiger partial charge in [0.1, 0.15) is 18.2 Å². The Morgan fingerprint density at radius 2 is 1.95 bits per heavy atom. The van der Waals surface area contributed by atoms with Crippen LogP contribution in [0, 0.1) is 11.8 Å². The number of carbonyl (C=O) groups excluding carboxylic acids is 5. The van der Waals surface area contributed by atoms with E-state index in [1.807, 2.05) is 33.1 Å². The van der Waals surface area contributed by atoms with Gasteiger partial charge in [-0.15, -0.1) is 0 Å². The Balaban J connectivity index is 3.23. The number of rotatable bonds is 11. The van der Waals surface area contributed by atoms with E-state index < -0.39 is 48.0 Å². The van der Waals surface area contributed by atoms with E-state index in [0.717, 1.165) is 12.2 Å². The molecule has 0 fully saturated rings. The van der Waals surface area contributed by atoms with Crippen molar-refractivity contribution in [3.8, 4) is 0 Å². The Morgan fingerprint density at radius 3 is 2.58 bits per heavy atom. The van der Waals surface area contributed by atoms with Crippen LogP contribution in [-0.2, 0) is 33.4 Å². The van der Waals surface area contributed by atoms with Gasteiger partial charge in [-0.2, -0.15) is 11.8 Å². The maximum absolute atomic E-state index is 13.6. The molecule has 0 radical (unpaired) electrons.